The van der Waals surface area contributed by atoms with Gasteiger partial charge in [-0.05, 0) is 80.5 Å². The standard InChI is InChI=1S/C17H24IN3O2/c1-17(2,3)23-16(22)20-8-11-12(9-20)15(11)13-7-14(18)19-21(13)10-5-4-6-10/h7,10-12,15H,4-6,8-9H2,1-3H3/t11-,12+,15+. The lowest BCUT2D eigenvalue weighted by molar-refractivity contribution is 0.0270. The van der Waals surface area contributed by atoms with Crippen molar-refractivity contribution in [1.82, 2.24) is 14.7 Å². The van der Waals surface area contributed by atoms with Crippen molar-refractivity contribution in [3.05, 3.63) is 15.5 Å². The van der Waals surface area contributed by atoms with Crippen molar-refractivity contribution < 1.29 is 9.53 Å². The van der Waals surface area contributed by atoms with Gasteiger partial charge in [-0.15, -0.1) is 0 Å². The summed E-state index contributed by atoms with van der Waals surface area (Å²) in [6.07, 6.45) is 3.68. The van der Waals surface area contributed by atoms with Crippen LogP contribution in [0.25, 0.3) is 0 Å². The molecule has 1 aromatic rings. The van der Waals surface area contributed by atoms with E-state index in [0.717, 1.165) is 16.8 Å². The molecular weight excluding hydrogens is 405 g/mol. The Balaban J connectivity index is 1.42. The fourth-order valence-corrected chi connectivity index (χ4v) is 4.54. The minimum Gasteiger partial charge on any atom is -0.444 e. The number of rotatable bonds is 2. The van der Waals surface area contributed by atoms with E-state index in [1.54, 1.807) is 0 Å². The fraction of sp³-hybridized carbons (Fsp3) is 0.765. The summed E-state index contributed by atoms with van der Waals surface area (Å²) in [6.45, 7) is 7.42. The molecule has 0 bridgehead atoms. The summed E-state index contributed by atoms with van der Waals surface area (Å²) in [4.78, 5) is 14.1. The number of hydrogen-bond donors (Lipinski definition) is 0. The largest absolute Gasteiger partial charge is 0.444 e. The Morgan fingerprint density at radius 1 is 1.30 bits per heavy atom. The number of carbonyl (C=O) groups excluding carboxylic acids is 1. The zero-order chi connectivity index (χ0) is 16.4. The molecule has 5 nitrogen and oxygen atoms in total. The van der Waals surface area contributed by atoms with Gasteiger partial charge in [0.05, 0.1) is 6.04 Å². The van der Waals surface area contributed by atoms with Gasteiger partial charge in [-0.3, -0.25) is 4.68 Å². The van der Waals surface area contributed by atoms with Gasteiger partial charge < -0.3 is 9.64 Å². The van der Waals surface area contributed by atoms with Gasteiger partial charge in [0.25, 0.3) is 0 Å². The second-order valence-corrected chi connectivity index (χ2v) is 9.27. The lowest BCUT2D eigenvalue weighted by Gasteiger charge is -2.29. The molecule has 2 aliphatic carbocycles. The molecule has 0 radical (unpaired) electrons. The molecule has 2 heterocycles. The highest BCUT2D eigenvalue weighted by atomic mass is 127. The van der Waals surface area contributed by atoms with E-state index in [2.05, 4.69) is 33.3 Å². The van der Waals surface area contributed by atoms with E-state index in [0.29, 0.717) is 23.8 Å². The molecule has 126 valence electrons. The van der Waals surface area contributed by atoms with E-state index in [1.807, 2.05) is 25.7 Å². The summed E-state index contributed by atoms with van der Waals surface area (Å²) in [7, 11) is 0. The summed E-state index contributed by atoms with van der Waals surface area (Å²) in [5.41, 5.74) is 0.986. The number of fused-ring (bicyclic) bond motifs is 1. The van der Waals surface area contributed by atoms with Crippen LogP contribution in [0.5, 0.6) is 0 Å². The molecule has 1 saturated heterocycles. The summed E-state index contributed by atoms with van der Waals surface area (Å²) < 4.78 is 8.87. The number of ether oxygens (including phenoxy) is 1. The van der Waals surface area contributed by atoms with Gasteiger partial charge in [-0.25, -0.2) is 4.79 Å². The van der Waals surface area contributed by atoms with Crippen LogP contribution in [0.3, 0.4) is 0 Å². The van der Waals surface area contributed by atoms with E-state index >= 15 is 0 Å². The van der Waals surface area contributed by atoms with Gasteiger partial charge in [-0.2, -0.15) is 5.10 Å². The van der Waals surface area contributed by atoms with E-state index in [-0.39, 0.29) is 6.09 Å². The summed E-state index contributed by atoms with van der Waals surface area (Å²) >= 11 is 2.32. The van der Waals surface area contributed by atoms with Crippen LogP contribution in [0, 0.1) is 15.5 Å². The second-order valence-electron chi connectivity index (χ2n) is 8.16. The van der Waals surface area contributed by atoms with Crippen molar-refractivity contribution in [3.8, 4) is 0 Å². The van der Waals surface area contributed by atoms with Gasteiger partial charge >= 0.3 is 6.09 Å². The molecule has 1 aromatic heterocycles. The Morgan fingerprint density at radius 2 is 1.96 bits per heavy atom. The first-order valence-electron chi connectivity index (χ1n) is 8.56. The number of halogens is 1. The van der Waals surface area contributed by atoms with E-state index < -0.39 is 5.60 Å². The Bertz CT molecular complexity index is 620. The monoisotopic (exact) mass is 429 g/mol. The van der Waals surface area contributed by atoms with Gasteiger partial charge in [0, 0.05) is 24.7 Å². The van der Waals surface area contributed by atoms with Crippen LogP contribution in [0.1, 0.15) is 57.7 Å². The summed E-state index contributed by atoms with van der Waals surface area (Å²) in [5.74, 6) is 1.77. The second kappa shape index (κ2) is 5.36. The van der Waals surface area contributed by atoms with Crippen LogP contribution in [0.15, 0.2) is 6.07 Å². The van der Waals surface area contributed by atoms with Crippen molar-refractivity contribution in [2.24, 2.45) is 11.8 Å². The van der Waals surface area contributed by atoms with Crippen molar-refractivity contribution in [2.45, 2.75) is 57.6 Å². The quantitative estimate of drug-likeness (QED) is 0.673. The molecule has 0 spiro atoms. The van der Waals surface area contributed by atoms with Crippen molar-refractivity contribution >= 4 is 28.7 Å². The number of likely N-dealkylation sites (tertiary alicyclic amines) is 1. The molecule has 23 heavy (non-hydrogen) atoms. The maximum Gasteiger partial charge on any atom is 0.410 e. The average Bonchev–Trinajstić information content (AvgIpc) is 2.74. The highest BCUT2D eigenvalue weighted by Crippen LogP contribution is 2.59. The topological polar surface area (TPSA) is 47.4 Å². The Labute approximate surface area is 150 Å². The molecule has 0 unspecified atom stereocenters. The first kappa shape index (κ1) is 15.7. The van der Waals surface area contributed by atoms with Crippen LogP contribution >= 0.6 is 22.6 Å². The minimum atomic E-state index is -0.414. The van der Waals surface area contributed by atoms with E-state index in [4.69, 9.17) is 9.84 Å². The molecule has 2 saturated carbocycles. The van der Waals surface area contributed by atoms with Gasteiger partial charge in [0.2, 0.25) is 0 Å². The van der Waals surface area contributed by atoms with Crippen molar-refractivity contribution in [2.75, 3.05) is 13.1 Å². The molecule has 3 fully saturated rings. The Kier molecular flexibility index (Phi) is 3.66. The third kappa shape index (κ3) is 2.87. The van der Waals surface area contributed by atoms with Gasteiger partial charge in [0.15, 0.2) is 0 Å². The van der Waals surface area contributed by atoms with Crippen molar-refractivity contribution in [3.63, 3.8) is 0 Å². The van der Waals surface area contributed by atoms with E-state index in [9.17, 15) is 4.79 Å². The maximum absolute atomic E-state index is 12.2. The third-order valence-corrected chi connectivity index (χ3v) is 5.87. The molecule has 1 aliphatic heterocycles. The van der Waals surface area contributed by atoms with Gasteiger partial charge in [-0.1, -0.05) is 0 Å². The fourth-order valence-electron chi connectivity index (χ4n) is 3.99. The van der Waals surface area contributed by atoms with Crippen LogP contribution in [0.4, 0.5) is 4.79 Å². The SMILES string of the molecule is CC(C)(C)OC(=O)N1C[C@@H]2[C@H](C1)[C@H]2c1cc(I)nn1C1CCC1. The first-order valence-corrected chi connectivity index (χ1v) is 9.64. The highest BCUT2D eigenvalue weighted by molar-refractivity contribution is 14.1. The van der Waals surface area contributed by atoms with E-state index in [1.165, 1.54) is 25.0 Å². The molecule has 3 aliphatic rings. The highest BCUT2D eigenvalue weighted by Gasteiger charge is 2.59. The molecule has 0 aromatic carbocycles. The lowest BCUT2D eigenvalue weighted by Crippen LogP contribution is -2.37. The zero-order valence-corrected chi connectivity index (χ0v) is 16.1. The normalized spacial score (nSPS) is 30.1. The number of hydrogen-bond acceptors (Lipinski definition) is 3. The van der Waals surface area contributed by atoms with Crippen LogP contribution < -0.4 is 0 Å². The smallest absolute Gasteiger partial charge is 0.410 e. The summed E-state index contributed by atoms with van der Waals surface area (Å²) in [5, 5.41) is 4.72. The number of carbonyl (C=O) groups is 1. The Morgan fingerprint density at radius 3 is 2.48 bits per heavy atom. The summed E-state index contributed by atoms with van der Waals surface area (Å²) in [6, 6.07) is 2.86. The molecule has 1 amide bonds. The van der Waals surface area contributed by atoms with Crippen LogP contribution in [0.2, 0.25) is 0 Å². The molecule has 0 N–H and O–H groups in total. The molecule has 4 rings (SSSR count). The van der Waals surface area contributed by atoms with Crippen LogP contribution in [-0.4, -0.2) is 39.5 Å². The van der Waals surface area contributed by atoms with Gasteiger partial charge in [0.1, 0.15) is 9.30 Å². The number of amides is 1. The number of nitrogens with zero attached hydrogens (tertiary/aromatic N) is 3. The molecular formula is C17H24IN3O2. The number of piperidine rings is 1. The number of aromatic nitrogens is 2. The predicted molar refractivity (Wildman–Crippen MR) is 95.4 cm³/mol. The third-order valence-electron chi connectivity index (χ3n) is 5.34. The molecule has 6 heteroatoms. The van der Waals surface area contributed by atoms with Crippen LogP contribution in [-0.2, 0) is 4.74 Å². The minimum absolute atomic E-state index is 0.162. The molecule has 3 atom stereocenters. The first-order chi connectivity index (χ1) is 10.8. The Hall–Kier alpha value is -0.790. The zero-order valence-electron chi connectivity index (χ0n) is 14.0. The lowest BCUT2D eigenvalue weighted by atomic mass is 9.93. The average molecular weight is 429 g/mol. The van der Waals surface area contributed by atoms with Crippen molar-refractivity contribution in [1.29, 1.82) is 0 Å². The predicted octanol–water partition coefficient (Wildman–Crippen LogP) is 3.79. The maximum atomic E-state index is 12.2.